The summed E-state index contributed by atoms with van der Waals surface area (Å²) in [6.07, 6.45) is 5.29. The van der Waals surface area contributed by atoms with Gasteiger partial charge in [-0.3, -0.25) is 34.0 Å². The highest BCUT2D eigenvalue weighted by Crippen LogP contribution is 2.33. The number of imidazole rings is 2. The van der Waals surface area contributed by atoms with Gasteiger partial charge in [0.1, 0.15) is 34.5 Å². The van der Waals surface area contributed by atoms with Crippen LogP contribution in [-0.2, 0) is 38.8 Å². The van der Waals surface area contributed by atoms with Gasteiger partial charge in [0.25, 0.3) is 5.91 Å². The molecule has 0 aliphatic heterocycles. The average molecular weight is 911 g/mol. The highest BCUT2D eigenvalue weighted by molar-refractivity contribution is 6.04. The summed E-state index contributed by atoms with van der Waals surface area (Å²) in [6.45, 7) is 11.2. The third-order valence-electron chi connectivity index (χ3n) is 11.2. The molecule has 1 atom stereocenters. The molecular formula is C46H62N12O8. The highest BCUT2D eigenvalue weighted by atomic mass is 16.5. The third-order valence-corrected chi connectivity index (χ3v) is 11.2. The maximum Gasteiger partial charge on any atom is 0.276 e. The van der Waals surface area contributed by atoms with Crippen LogP contribution in [0.25, 0.3) is 22.1 Å². The number of fused-ring (bicyclic) bond motifs is 2. The number of nitrogens with one attached hydrogen (secondary N) is 3. The van der Waals surface area contributed by atoms with Crippen LogP contribution in [0.2, 0.25) is 0 Å². The molecule has 20 nitrogen and oxygen atoms in total. The van der Waals surface area contributed by atoms with E-state index in [1.54, 1.807) is 48.6 Å². The second kappa shape index (κ2) is 22.6. The van der Waals surface area contributed by atoms with Gasteiger partial charge in [-0.1, -0.05) is 26.0 Å². The standard InChI is InChI=1S/C46H62N12O8/c1-10-58-35(22-30(5)53-58)44(64)52-46-51-34-23-31(43(47)63)24-36(65-9)41(34)57(46)17-12-11-16-56-42-33(50-45(56)48-6)20-29(4)21-37(42)66-19-13-15-54(7)40(62)26-49-38(60)14-18-55(8)39(61)25-32(27-59)28(2)3/h11-12,20-24,27-28,32H,10,13-19,25-26H2,1-9H3,(H2,47,63)(H,48,50)(H,49,60)(H,51,52,64)/b12-11+. The molecule has 0 saturated carbocycles. The quantitative estimate of drug-likeness (QED) is 0.0391. The number of anilines is 2. The van der Waals surface area contributed by atoms with Crippen LogP contribution in [0.1, 0.15) is 72.1 Å². The average Bonchev–Trinajstić information content (AvgIpc) is 3.97. The molecule has 5 aromatic rings. The predicted molar refractivity (Wildman–Crippen MR) is 251 cm³/mol. The normalized spacial score (nSPS) is 11.8. The van der Waals surface area contributed by atoms with Crippen molar-refractivity contribution in [1.29, 1.82) is 0 Å². The summed E-state index contributed by atoms with van der Waals surface area (Å²) < 4.78 is 17.4. The van der Waals surface area contributed by atoms with Gasteiger partial charge in [-0.2, -0.15) is 5.10 Å². The zero-order valence-electron chi connectivity index (χ0n) is 39.3. The fourth-order valence-corrected chi connectivity index (χ4v) is 7.34. The van der Waals surface area contributed by atoms with E-state index in [9.17, 15) is 28.8 Å². The molecule has 20 heteroatoms. The number of nitrogens with zero attached hydrogens (tertiary/aromatic N) is 8. The number of hydrogen-bond donors (Lipinski definition) is 4. The largest absolute Gasteiger partial charge is 0.494 e. The number of likely N-dealkylation sites (N-methyl/N-ethyl adjacent to an activating group) is 1. The Morgan fingerprint density at radius 2 is 1.53 bits per heavy atom. The summed E-state index contributed by atoms with van der Waals surface area (Å²) in [6, 6.07) is 8.72. The maximum atomic E-state index is 13.6. The molecule has 0 saturated heterocycles. The predicted octanol–water partition coefficient (Wildman–Crippen LogP) is 3.93. The van der Waals surface area contributed by atoms with Crippen LogP contribution in [0, 0.1) is 25.7 Å². The minimum atomic E-state index is -0.647. The van der Waals surface area contributed by atoms with Gasteiger partial charge in [-0.25, -0.2) is 9.97 Å². The molecule has 5 N–H and O–H groups in total. The number of aromatic nitrogens is 6. The highest BCUT2D eigenvalue weighted by Gasteiger charge is 2.23. The number of carbonyl (C=O) groups is 6. The number of hydrogen-bond acceptors (Lipinski definition) is 12. The fourth-order valence-electron chi connectivity index (χ4n) is 7.34. The van der Waals surface area contributed by atoms with Crippen molar-refractivity contribution in [2.24, 2.45) is 17.6 Å². The molecule has 3 aromatic heterocycles. The Bertz CT molecular complexity index is 2610. The molecule has 5 amide bonds. The molecule has 5 rings (SSSR count). The number of methoxy groups -OCH3 is 1. The molecular weight excluding hydrogens is 849 g/mol. The Hall–Kier alpha value is -7.25. The molecule has 0 spiro atoms. The third kappa shape index (κ3) is 12.1. The number of amides is 5. The Kier molecular flexibility index (Phi) is 17.0. The minimum absolute atomic E-state index is 0.0261. The van der Waals surface area contributed by atoms with Crippen molar-refractivity contribution >= 4 is 69.8 Å². The van der Waals surface area contributed by atoms with Gasteiger partial charge in [-0.15, -0.1) is 0 Å². The van der Waals surface area contributed by atoms with E-state index < -0.39 is 11.8 Å². The van der Waals surface area contributed by atoms with Gasteiger partial charge in [0.15, 0.2) is 0 Å². The Morgan fingerprint density at radius 1 is 0.879 bits per heavy atom. The van der Waals surface area contributed by atoms with E-state index in [2.05, 4.69) is 21.0 Å². The van der Waals surface area contributed by atoms with Gasteiger partial charge < -0.3 is 49.6 Å². The molecule has 0 fully saturated rings. The van der Waals surface area contributed by atoms with E-state index in [-0.39, 0.29) is 73.5 Å². The lowest BCUT2D eigenvalue weighted by Crippen LogP contribution is -2.40. The van der Waals surface area contributed by atoms with E-state index in [4.69, 9.17) is 25.2 Å². The smallest absolute Gasteiger partial charge is 0.276 e. The number of carbonyl (C=O) groups excluding carboxylic acids is 6. The Morgan fingerprint density at radius 3 is 2.17 bits per heavy atom. The minimum Gasteiger partial charge on any atom is -0.494 e. The van der Waals surface area contributed by atoms with E-state index in [0.717, 1.165) is 22.9 Å². The van der Waals surface area contributed by atoms with Gasteiger partial charge in [0.2, 0.25) is 35.5 Å². The lowest BCUT2D eigenvalue weighted by Gasteiger charge is -2.21. The van der Waals surface area contributed by atoms with Crippen molar-refractivity contribution in [3.63, 3.8) is 0 Å². The van der Waals surface area contributed by atoms with Crippen molar-refractivity contribution in [2.45, 2.75) is 73.5 Å². The van der Waals surface area contributed by atoms with Gasteiger partial charge in [0.05, 0.1) is 37.0 Å². The van der Waals surface area contributed by atoms with Crippen molar-refractivity contribution in [3.05, 3.63) is 65.0 Å². The van der Waals surface area contributed by atoms with Crippen molar-refractivity contribution in [3.8, 4) is 11.5 Å². The molecule has 1 unspecified atom stereocenters. The lowest BCUT2D eigenvalue weighted by molar-refractivity contribution is -0.134. The molecule has 0 aliphatic rings. The molecule has 66 heavy (non-hydrogen) atoms. The number of allylic oxidation sites excluding steroid dienone is 2. The first-order valence-electron chi connectivity index (χ1n) is 21.9. The first-order valence-corrected chi connectivity index (χ1v) is 21.9. The van der Waals surface area contributed by atoms with Gasteiger partial charge in [0, 0.05) is 78.2 Å². The maximum absolute atomic E-state index is 13.6. The van der Waals surface area contributed by atoms with E-state index in [0.29, 0.717) is 72.5 Å². The molecule has 2 aromatic carbocycles. The number of rotatable bonds is 24. The fraction of sp³-hybridized carbons (Fsp3) is 0.457. The van der Waals surface area contributed by atoms with E-state index in [1.807, 2.05) is 63.5 Å². The number of primary amides is 1. The number of ether oxygens (including phenoxy) is 2. The van der Waals surface area contributed by atoms with Gasteiger partial charge >= 0.3 is 0 Å². The van der Waals surface area contributed by atoms with Crippen LogP contribution in [0.15, 0.2) is 42.5 Å². The molecule has 354 valence electrons. The van der Waals surface area contributed by atoms with Crippen LogP contribution in [0.3, 0.4) is 0 Å². The van der Waals surface area contributed by atoms with Crippen LogP contribution in [-0.4, -0.2) is 129 Å². The number of aryl methyl sites for hydroxylation is 3. The monoisotopic (exact) mass is 910 g/mol. The topological polar surface area (TPSA) is 243 Å². The summed E-state index contributed by atoms with van der Waals surface area (Å²) in [5.41, 5.74) is 10.3. The first kappa shape index (κ1) is 49.8. The van der Waals surface area contributed by atoms with Gasteiger partial charge in [-0.05, 0) is 69.0 Å². The van der Waals surface area contributed by atoms with Crippen molar-refractivity contribution in [2.75, 3.05) is 65.1 Å². The zero-order chi connectivity index (χ0) is 48.2. The first-order chi connectivity index (χ1) is 31.5. The number of benzene rings is 2. The van der Waals surface area contributed by atoms with Crippen molar-refractivity contribution in [1.82, 2.24) is 44.0 Å². The summed E-state index contributed by atoms with van der Waals surface area (Å²) in [7, 11) is 6.52. The summed E-state index contributed by atoms with van der Waals surface area (Å²) in [4.78, 5) is 87.3. The molecule has 0 aliphatic carbocycles. The summed E-state index contributed by atoms with van der Waals surface area (Å²) >= 11 is 0. The van der Waals surface area contributed by atoms with Crippen molar-refractivity contribution < 1.29 is 38.2 Å². The summed E-state index contributed by atoms with van der Waals surface area (Å²) in [5.74, 6) is -0.423. The van der Waals surface area contributed by atoms with Crippen LogP contribution in [0.4, 0.5) is 11.9 Å². The van der Waals surface area contributed by atoms with Crippen LogP contribution in [0.5, 0.6) is 11.5 Å². The second-order valence-electron chi connectivity index (χ2n) is 16.4. The molecule has 3 heterocycles. The number of nitrogens with two attached hydrogens (primary N) is 1. The van der Waals surface area contributed by atoms with Crippen LogP contribution < -0.4 is 31.2 Å². The second-order valence-corrected chi connectivity index (χ2v) is 16.4. The Labute approximate surface area is 383 Å². The van der Waals surface area contributed by atoms with E-state index in [1.165, 1.54) is 16.9 Å². The molecule has 0 radical (unpaired) electrons. The summed E-state index contributed by atoms with van der Waals surface area (Å²) in [5, 5.41) is 13.1. The molecule has 0 bridgehead atoms. The van der Waals surface area contributed by atoms with Crippen LogP contribution >= 0.6 is 0 Å². The Balaban J connectivity index is 1.23. The SMILES string of the molecule is CCn1nc(C)cc1C(=O)Nc1nc2cc(C(N)=O)cc(OC)c2n1C/C=C/Cn1c(NC)nc2cc(C)cc(OCCCN(C)C(=O)CNC(=O)CCN(C)C(=O)CC(C=O)C(C)C)c21. The zero-order valence-corrected chi connectivity index (χ0v) is 39.3. The lowest BCUT2D eigenvalue weighted by atomic mass is 9.93. The number of aldehydes is 1. The van der Waals surface area contributed by atoms with E-state index >= 15 is 0 Å².